The number of carbonyl (C=O) groups excluding carboxylic acids is 1. The zero-order valence-corrected chi connectivity index (χ0v) is 16.1. The van der Waals surface area contributed by atoms with Gasteiger partial charge in [-0.15, -0.1) is 0 Å². The van der Waals surface area contributed by atoms with Gasteiger partial charge in [0.25, 0.3) is 0 Å². The summed E-state index contributed by atoms with van der Waals surface area (Å²) in [6.07, 6.45) is 1.23. The molecule has 0 radical (unpaired) electrons. The first-order valence-corrected chi connectivity index (χ1v) is 8.88. The number of esters is 1. The van der Waals surface area contributed by atoms with E-state index in [0.717, 1.165) is 27.8 Å². The maximum Gasteiger partial charge on any atom is 0.377 e. The highest BCUT2D eigenvalue weighted by molar-refractivity contribution is 5.86. The molecule has 0 aliphatic rings. The molecule has 0 heterocycles. The largest absolute Gasteiger partial charge is 0.500 e. The molecule has 3 aromatic rings. The van der Waals surface area contributed by atoms with Crippen molar-refractivity contribution >= 4 is 5.97 Å². The molecular formula is C24H22O4. The molecule has 0 aliphatic carbocycles. The van der Waals surface area contributed by atoms with Crippen molar-refractivity contribution in [2.75, 3.05) is 14.2 Å². The van der Waals surface area contributed by atoms with Crippen LogP contribution in [-0.2, 0) is 14.3 Å². The van der Waals surface area contributed by atoms with Crippen LogP contribution in [0.4, 0.5) is 0 Å². The molecule has 28 heavy (non-hydrogen) atoms. The van der Waals surface area contributed by atoms with Crippen molar-refractivity contribution in [3.63, 3.8) is 0 Å². The van der Waals surface area contributed by atoms with Gasteiger partial charge in [-0.05, 0) is 46.9 Å². The normalized spacial score (nSPS) is 11.0. The van der Waals surface area contributed by atoms with E-state index in [1.807, 2.05) is 55.5 Å². The van der Waals surface area contributed by atoms with E-state index in [0.29, 0.717) is 5.75 Å². The summed E-state index contributed by atoms with van der Waals surface area (Å²) in [6, 6.07) is 24.4. The molecule has 4 nitrogen and oxygen atoms in total. The Balaban J connectivity index is 1.96. The first-order chi connectivity index (χ1) is 13.6. The highest BCUT2D eigenvalue weighted by Crippen LogP contribution is 2.31. The van der Waals surface area contributed by atoms with Gasteiger partial charge in [0.05, 0.1) is 14.2 Å². The van der Waals surface area contributed by atoms with Crippen molar-refractivity contribution in [3.8, 4) is 28.0 Å². The molecule has 0 aliphatic heterocycles. The molecule has 0 fully saturated rings. The van der Waals surface area contributed by atoms with Crippen LogP contribution >= 0.6 is 0 Å². The molecule has 0 saturated heterocycles. The van der Waals surface area contributed by atoms with Gasteiger partial charge in [-0.1, -0.05) is 60.7 Å². The Bertz CT molecular complexity index is 990. The minimum atomic E-state index is -0.599. The molecule has 0 atom stereocenters. The van der Waals surface area contributed by atoms with Crippen molar-refractivity contribution in [1.82, 2.24) is 0 Å². The third-order valence-electron chi connectivity index (χ3n) is 4.32. The number of carbonyl (C=O) groups is 1. The highest BCUT2D eigenvalue weighted by Gasteiger charge is 2.15. The smallest absolute Gasteiger partial charge is 0.377 e. The third-order valence-corrected chi connectivity index (χ3v) is 4.32. The van der Waals surface area contributed by atoms with Crippen LogP contribution in [0.5, 0.6) is 5.75 Å². The predicted molar refractivity (Wildman–Crippen MR) is 110 cm³/mol. The van der Waals surface area contributed by atoms with Gasteiger partial charge in [0, 0.05) is 0 Å². The minimum Gasteiger partial charge on any atom is -0.500 e. The van der Waals surface area contributed by atoms with Crippen LogP contribution in [0.25, 0.3) is 22.3 Å². The molecule has 0 aromatic heterocycles. The van der Waals surface area contributed by atoms with Crippen LogP contribution in [0.2, 0.25) is 0 Å². The molecule has 0 N–H and O–H groups in total. The van der Waals surface area contributed by atoms with Gasteiger partial charge >= 0.3 is 5.97 Å². The van der Waals surface area contributed by atoms with Gasteiger partial charge in [-0.25, -0.2) is 4.79 Å². The van der Waals surface area contributed by atoms with Crippen molar-refractivity contribution < 1.29 is 19.0 Å². The summed E-state index contributed by atoms with van der Waals surface area (Å²) in [6.45, 7) is 1.92. The second-order valence-corrected chi connectivity index (χ2v) is 6.24. The molecule has 0 spiro atoms. The third kappa shape index (κ3) is 4.41. The highest BCUT2D eigenvalue weighted by atomic mass is 16.6. The van der Waals surface area contributed by atoms with Gasteiger partial charge in [-0.3, -0.25) is 0 Å². The summed E-state index contributed by atoms with van der Waals surface area (Å²) in [7, 11) is 2.75. The fourth-order valence-corrected chi connectivity index (χ4v) is 2.84. The fraction of sp³-hybridized carbons (Fsp3) is 0.125. The molecule has 4 heteroatoms. The molecule has 0 unspecified atom stereocenters. The standard InChI is InChI=1S/C24H22O4/c1-17-12-13-21(15-22(17)28-23(16-26-2)24(25)27-3)20-11-7-10-19(14-20)18-8-5-4-6-9-18/h4-16H,1-3H3. The van der Waals surface area contributed by atoms with Gasteiger partial charge in [0.15, 0.2) is 0 Å². The topological polar surface area (TPSA) is 44.8 Å². The number of benzene rings is 3. The predicted octanol–water partition coefficient (Wildman–Crippen LogP) is 5.37. The van der Waals surface area contributed by atoms with E-state index in [4.69, 9.17) is 14.2 Å². The Morgan fingerprint density at radius 1 is 0.786 bits per heavy atom. The lowest BCUT2D eigenvalue weighted by Gasteiger charge is -2.13. The lowest BCUT2D eigenvalue weighted by molar-refractivity contribution is -0.138. The average Bonchev–Trinajstić information content (AvgIpc) is 2.75. The summed E-state index contributed by atoms with van der Waals surface area (Å²) in [5, 5.41) is 0. The summed E-state index contributed by atoms with van der Waals surface area (Å²) in [5.74, 6) is -0.0441. The fourth-order valence-electron chi connectivity index (χ4n) is 2.84. The Morgan fingerprint density at radius 2 is 1.43 bits per heavy atom. The lowest BCUT2D eigenvalue weighted by Crippen LogP contribution is -2.11. The van der Waals surface area contributed by atoms with Crippen LogP contribution in [0, 0.1) is 6.92 Å². The maximum absolute atomic E-state index is 11.9. The number of methoxy groups -OCH3 is 2. The quantitative estimate of drug-likeness (QED) is 0.331. The van der Waals surface area contributed by atoms with Crippen molar-refractivity contribution in [1.29, 1.82) is 0 Å². The molecule has 3 aromatic carbocycles. The Hall–Kier alpha value is -3.53. The van der Waals surface area contributed by atoms with E-state index in [2.05, 4.69) is 24.3 Å². The summed E-state index contributed by atoms with van der Waals surface area (Å²) >= 11 is 0. The van der Waals surface area contributed by atoms with E-state index in [9.17, 15) is 4.79 Å². The number of hydrogen-bond donors (Lipinski definition) is 0. The second kappa shape index (κ2) is 8.91. The van der Waals surface area contributed by atoms with Gasteiger partial charge < -0.3 is 14.2 Å². The number of aryl methyl sites for hydroxylation is 1. The Kier molecular flexibility index (Phi) is 6.12. The SMILES string of the molecule is COC=C(Oc1cc(-c2cccc(-c3ccccc3)c2)ccc1C)C(=O)OC. The molecule has 0 amide bonds. The number of rotatable bonds is 6. The zero-order valence-electron chi connectivity index (χ0n) is 16.1. The van der Waals surface area contributed by atoms with Crippen LogP contribution in [0.3, 0.4) is 0 Å². The Morgan fingerprint density at radius 3 is 2.11 bits per heavy atom. The van der Waals surface area contributed by atoms with E-state index < -0.39 is 5.97 Å². The van der Waals surface area contributed by atoms with E-state index >= 15 is 0 Å². The summed E-state index contributed by atoms with van der Waals surface area (Å²) < 4.78 is 15.5. The molecule has 0 bridgehead atoms. The van der Waals surface area contributed by atoms with E-state index in [-0.39, 0.29) is 5.76 Å². The monoisotopic (exact) mass is 374 g/mol. The molecular weight excluding hydrogens is 352 g/mol. The van der Waals surface area contributed by atoms with Gasteiger partial charge in [0.1, 0.15) is 12.0 Å². The first kappa shape index (κ1) is 19.2. The first-order valence-electron chi connectivity index (χ1n) is 8.88. The minimum absolute atomic E-state index is 0.0108. The van der Waals surface area contributed by atoms with Gasteiger partial charge in [-0.2, -0.15) is 0 Å². The van der Waals surface area contributed by atoms with Crippen molar-refractivity contribution in [3.05, 3.63) is 90.4 Å². The summed E-state index contributed by atoms with van der Waals surface area (Å²) in [5.41, 5.74) is 5.23. The number of ether oxygens (including phenoxy) is 3. The summed E-state index contributed by atoms with van der Waals surface area (Å²) in [4.78, 5) is 11.9. The lowest BCUT2D eigenvalue weighted by atomic mass is 9.98. The molecule has 3 rings (SSSR count). The number of hydrogen-bond acceptors (Lipinski definition) is 4. The van der Waals surface area contributed by atoms with E-state index in [1.165, 1.54) is 20.5 Å². The van der Waals surface area contributed by atoms with E-state index in [1.54, 1.807) is 0 Å². The average molecular weight is 374 g/mol. The molecule has 142 valence electrons. The van der Waals surface area contributed by atoms with Crippen LogP contribution in [0.15, 0.2) is 84.8 Å². The Labute approximate surface area is 165 Å². The van der Waals surface area contributed by atoms with Gasteiger partial charge in [0.2, 0.25) is 5.76 Å². The van der Waals surface area contributed by atoms with Crippen LogP contribution in [-0.4, -0.2) is 20.2 Å². The van der Waals surface area contributed by atoms with Crippen molar-refractivity contribution in [2.24, 2.45) is 0 Å². The zero-order chi connectivity index (χ0) is 19.9. The maximum atomic E-state index is 11.9. The molecule has 0 saturated carbocycles. The van der Waals surface area contributed by atoms with Crippen LogP contribution < -0.4 is 4.74 Å². The van der Waals surface area contributed by atoms with Crippen molar-refractivity contribution in [2.45, 2.75) is 6.92 Å². The second-order valence-electron chi connectivity index (χ2n) is 6.24. The van der Waals surface area contributed by atoms with Crippen LogP contribution in [0.1, 0.15) is 5.56 Å².